The summed E-state index contributed by atoms with van der Waals surface area (Å²) >= 11 is 3.51. The van der Waals surface area contributed by atoms with Gasteiger partial charge in [0.1, 0.15) is 16.1 Å². The van der Waals surface area contributed by atoms with Gasteiger partial charge in [0.05, 0.1) is 5.52 Å². The first-order valence-electron chi connectivity index (χ1n) is 5.38. The maximum atomic E-state index is 11.1. The number of aromatic amines is 1. The zero-order chi connectivity index (χ0) is 12.9. The number of halogens is 1. The van der Waals surface area contributed by atoms with Crippen LogP contribution in [-0.2, 0) is 7.05 Å². The highest BCUT2D eigenvalue weighted by Gasteiger charge is 2.13. The van der Waals surface area contributed by atoms with E-state index in [0.717, 1.165) is 21.7 Å². The second-order valence-electron chi connectivity index (χ2n) is 4.08. The Morgan fingerprint density at radius 2 is 2.22 bits per heavy atom. The highest BCUT2D eigenvalue weighted by Crippen LogP contribution is 2.29. The van der Waals surface area contributed by atoms with Crippen LogP contribution in [0.5, 0.6) is 0 Å². The van der Waals surface area contributed by atoms with E-state index in [1.54, 1.807) is 6.07 Å². The smallest absolute Gasteiger partial charge is 0.408 e. The third-order valence-corrected chi connectivity index (χ3v) is 3.85. The number of benzene rings is 1. The van der Waals surface area contributed by atoms with Crippen LogP contribution in [0.4, 0.5) is 0 Å². The highest BCUT2D eigenvalue weighted by molar-refractivity contribution is 9.10. The number of oxazole rings is 1. The lowest BCUT2D eigenvalue weighted by Gasteiger charge is -1.99. The third-order valence-electron chi connectivity index (χ3n) is 2.94. The molecule has 0 aliphatic rings. The average Bonchev–Trinajstić information content (AvgIpc) is 2.82. The van der Waals surface area contributed by atoms with Crippen molar-refractivity contribution in [2.75, 3.05) is 0 Å². The molecule has 1 aromatic carbocycles. The van der Waals surface area contributed by atoms with Crippen LogP contribution in [-0.4, -0.2) is 14.5 Å². The quantitative estimate of drug-likeness (QED) is 0.751. The monoisotopic (exact) mass is 307 g/mol. The number of nitrogens with one attached hydrogen (secondary N) is 1. The van der Waals surface area contributed by atoms with Crippen molar-refractivity contribution in [3.8, 4) is 11.3 Å². The van der Waals surface area contributed by atoms with Crippen molar-refractivity contribution in [3.63, 3.8) is 0 Å². The lowest BCUT2D eigenvalue weighted by molar-refractivity contribution is 0.555. The van der Waals surface area contributed by atoms with Crippen LogP contribution >= 0.6 is 15.9 Å². The van der Waals surface area contributed by atoms with Crippen LogP contribution in [0.2, 0.25) is 0 Å². The van der Waals surface area contributed by atoms with Gasteiger partial charge in [0.25, 0.3) is 0 Å². The summed E-state index contributed by atoms with van der Waals surface area (Å²) in [6, 6.07) is 5.50. The Hall–Kier alpha value is -1.82. The maximum Gasteiger partial charge on any atom is 0.417 e. The molecule has 0 fully saturated rings. The van der Waals surface area contributed by atoms with E-state index >= 15 is 0 Å². The summed E-state index contributed by atoms with van der Waals surface area (Å²) in [5, 5.41) is 0. The third kappa shape index (κ3) is 1.60. The number of fused-ring (bicyclic) bond motifs is 1. The molecule has 0 radical (unpaired) electrons. The van der Waals surface area contributed by atoms with Crippen LogP contribution in [0.25, 0.3) is 22.4 Å². The molecule has 0 saturated heterocycles. The molecule has 0 saturated carbocycles. The van der Waals surface area contributed by atoms with Gasteiger partial charge in [-0.15, -0.1) is 0 Å². The average molecular weight is 308 g/mol. The van der Waals surface area contributed by atoms with E-state index < -0.39 is 5.76 Å². The lowest BCUT2D eigenvalue weighted by Crippen LogP contribution is -1.92. The summed E-state index contributed by atoms with van der Waals surface area (Å²) in [5.74, 6) is 0.469. The number of aryl methyl sites for hydroxylation is 1. The van der Waals surface area contributed by atoms with Crippen molar-refractivity contribution in [2.45, 2.75) is 6.92 Å². The fourth-order valence-corrected chi connectivity index (χ4v) is 2.44. The second-order valence-corrected chi connectivity index (χ2v) is 4.83. The van der Waals surface area contributed by atoms with Crippen molar-refractivity contribution in [1.29, 1.82) is 0 Å². The van der Waals surface area contributed by atoms with Crippen LogP contribution in [0, 0.1) is 6.92 Å². The van der Waals surface area contributed by atoms with Crippen molar-refractivity contribution in [3.05, 3.63) is 39.2 Å². The van der Waals surface area contributed by atoms with E-state index in [1.807, 2.05) is 30.7 Å². The SMILES string of the molecule is Cc1nc(-c2ccc3oc(=O)[nH]c3c2)c(Br)n1C. The van der Waals surface area contributed by atoms with Gasteiger partial charge in [0.2, 0.25) is 0 Å². The zero-order valence-electron chi connectivity index (χ0n) is 9.82. The number of imidazole rings is 1. The van der Waals surface area contributed by atoms with Crippen molar-refractivity contribution < 1.29 is 4.42 Å². The maximum absolute atomic E-state index is 11.1. The predicted molar refractivity (Wildman–Crippen MR) is 71.5 cm³/mol. The van der Waals surface area contributed by atoms with Gasteiger partial charge in [-0.3, -0.25) is 4.98 Å². The van der Waals surface area contributed by atoms with Crippen LogP contribution in [0.3, 0.4) is 0 Å². The molecule has 92 valence electrons. The van der Waals surface area contributed by atoms with E-state index in [-0.39, 0.29) is 0 Å². The summed E-state index contributed by atoms with van der Waals surface area (Å²) in [6.45, 7) is 1.94. The summed E-state index contributed by atoms with van der Waals surface area (Å²) in [4.78, 5) is 18.2. The van der Waals surface area contributed by atoms with Gasteiger partial charge in [0, 0.05) is 12.6 Å². The van der Waals surface area contributed by atoms with Gasteiger partial charge in [-0.25, -0.2) is 9.78 Å². The minimum atomic E-state index is -0.446. The molecule has 0 spiro atoms. The van der Waals surface area contributed by atoms with E-state index in [0.29, 0.717) is 11.1 Å². The van der Waals surface area contributed by atoms with Gasteiger partial charge in [-0.05, 0) is 41.1 Å². The molecule has 6 heteroatoms. The molecule has 1 N–H and O–H groups in total. The van der Waals surface area contributed by atoms with Gasteiger partial charge >= 0.3 is 5.76 Å². The molecule has 0 aliphatic heterocycles. The van der Waals surface area contributed by atoms with Crippen molar-refractivity contribution >= 4 is 27.0 Å². The Morgan fingerprint density at radius 1 is 1.44 bits per heavy atom. The summed E-state index contributed by atoms with van der Waals surface area (Å²) < 4.78 is 7.83. The van der Waals surface area contributed by atoms with E-state index in [1.165, 1.54) is 0 Å². The van der Waals surface area contributed by atoms with Crippen LogP contribution in [0.15, 0.2) is 32.0 Å². The number of nitrogens with zero attached hydrogens (tertiary/aromatic N) is 2. The second kappa shape index (κ2) is 3.84. The molecule has 5 nitrogen and oxygen atoms in total. The fourth-order valence-electron chi connectivity index (χ4n) is 1.87. The minimum Gasteiger partial charge on any atom is -0.408 e. The molecule has 3 rings (SSSR count). The number of hydrogen-bond acceptors (Lipinski definition) is 3. The Labute approximate surface area is 111 Å². The van der Waals surface area contributed by atoms with E-state index in [4.69, 9.17) is 4.42 Å². The van der Waals surface area contributed by atoms with E-state index in [9.17, 15) is 4.79 Å². The Kier molecular flexibility index (Phi) is 2.41. The molecule has 2 aromatic heterocycles. The molecule has 2 heterocycles. The molecule has 0 amide bonds. The molecular weight excluding hydrogens is 298 g/mol. The predicted octanol–water partition coefficient (Wildman–Crippen LogP) is 2.59. The Balaban J connectivity index is 2.24. The topological polar surface area (TPSA) is 63.8 Å². The first kappa shape index (κ1) is 11.3. The van der Waals surface area contributed by atoms with Gasteiger partial charge < -0.3 is 8.98 Å². The van der Waals surface area contributed by atoms with Crippen LogP contribution in [0.1, 0.15) is 5.82 Å². The summed E-state index contributed by atoms with van der Waals surface area (Å²) in [6.07, 6.45) is 0. The summed E-state index contributed by atoms with van der Waals surface area (Å²) in [5.41, 5.74) is 2.99. The first-order valence-corrected chi connectivity index (χ1v) is 6.17. The largest absolute Gasteiger partial charge is 0.417 e. The van der Waals surface area contributed by atoms with E-state index in [2.05, 4.69) is 25.9 Å². The molecule has 0 atom stereocenters. The molecule has 0 unspecified atom stereocenters. The molecule has 0 bridgehead atoms. The van der Waals surface area contributed by atoms with Crippen molar-refractivity contribution in [1.82, 2.24) is 14.5 Å². The van der Waals surface area contributed by atoms with Crippen LogP contribution < -0.4 is 5.76 Å². The molecule has 18 heavy (non-hydrogen) atoms. The van der Waals surface area contributed by atoms with Gasteiger partial charge in [-0.2, -0.15) is 0 Å². The Bertz CT molecular complexity index is 797. The number of rotatable bonds is 1. The summed E-state index contributed by atoms with van der Waals surface area (Å²) in [7, 11) is 1.94. The van der Waals surface area contributed by atoms with Gasteiger partial charge in [0.15, 0.2) is 5.58 Å². The molecule has 3 aromatic rings. The highest BCUT2D eigenvalue weighted by atomic mass is 79.9. The molecular formula is C12H10BrN3O2. The Morgan fingerprint density at radius 3 is 2.89 bits per heavy atom. The van der Waals surface area contributed by atoms with Gasteiger partial charge in [-0.1, -0.05) is 0 Å². The number of H-pyrrole nitrogens is 1. The fraction of sp³-hybridized carbons (Fsp3) is 0.167. The van der Waals surface area contributed by atoms with Crippen molar-refractivity contribution in [2.24, 2.45) is 7.05 Å². The normalized spacial score (nSPS) is 11.3. The number of hydrogen-bond donors (Lipinski definition) is 1. The lowest BCUT2D eigenvalue weighted by atomic mass is 10.1. The standard InChI is InChI=1S/C12H10BrN3O2/c1-6-14-10(11(13)16(6)2)7-3-4-9-8(5-7)15-12(17)18-9/h3-5H,1-2H3,(H,15,17). The first-order chi connectivity index (χ1) is 8.56. The molecule has 0 aliphatic carbocycles. The minimum absolute atomic E-state index is 0.446. The number of aromatic nitrogens is 3. The zero-order valence-corrected chi connectivity index (χ0v) is 11.4.